The first kappa shape index (κ1) is 13.3. The van der Waals surface area contributed by atoms with Crippen molar-refractivity contribution < 1.29 is 4.39 Å². The number of halogens is 1. The van der Waals surface area contributed by atoms with E-state index in [1.807, 2.05) is 12.1 Å². The van der Waals surface area contributed by atoms with Crippen LogP contribution in [0.25, 0.3) is 6.08 Å². The first-order valence-electron chi connectivity index (χ1n) is 6.87. The zero-order valence-corrected chi connectivity index (χ0v) is 11.1. The molecule has 18 heavy (non-hydrogen) atoms. The summed E-state index contributed by atoms with van der Waals surface area (Å²) < 4.78 is 13.5. The molecule has 0 atom stereocenters. The van der Waals surface area contributed by atoms with Gasteiger partial charge in [0.15, 0.2) is 0 Å². The van der Waals surface area contributed by atoms with Crippen molar-refractivity contribution in [3.8, 4) is 0 Å². The normalized spacial score (nSPS) is 18.1. The molecule has 0 amide bonds. The van der Waals surface area contributed by atoms with Crippen LogP contribution in [0.15, 0.2) is 23.8 Å². The molecular weight excluding hydrogens is 225 g/mol. The largest absolute Gasteiger partial charge is 0.327 e. The SMILES string of the molecule is Cc1ccc(C=C(CN)C2CCCCC2)cc1F. The lowest BCUT2D eigenvalue weighted by atomic mass is 9.83. The Bertz CT molecular complexity index is 431. The van der Waals surface area contributed by atoms with Gasteiger partial charge in [-0.05, 0) is 42.9 Å². The summed E-state index contributed by atoms with van der Waals surface area (Å²) in [7, 11) is 0. The number of nitrogens with two attached hydrogens (primary N) is 1. The highest BCUT2D eigenvalue weighted by Crippen LogP contribution is 2.30. The molecule has 0 spiro atoms. The third kappa shape index (κ3) is 3.20. The van der Waals surface area contributed by atoms with Gasteiger partial charge in [-0.25, -0.2) is 4.39 Å². The van der Waals surface area contributed by atoms with Crippen LogP contribution >= 0.6 is 0 Å². The van der Waals surface area contributed by atoms with E-state index in [-0.39, 0.29) is 5.82 Å². The molecular formula is C16H22FN. The van der Waals surface area contributed by atoms with Gasteiger partial charge in [-0.2, -0.15) is 0 Å². The number of hydrogen-bond donors (Lipinski definition) is 1. The third-order valence-electron chi connectivity index (χ3n) is 3.91. The first-order chi connectivity index (χ1) is 8.70. The van der Waals surface area contributed by atoms with E-state index in [0.29, 0.717) is 18.0 Å². The van der Waals surface area contributed by atoms with Gasteiger partial charge in [-0.1, -0.05) is 43.0 Å². The molecule has 0 heterocycles. The molecule has 0 unspecified atom stereocenters. The number of rotatable bonds is 3. The van der Waals surface area contributed by atoms with E-state index in [4.69, 9.17) is 5.73 Å². The molecule has 0 radical (unpaired) electrons. The molecule has 1 fully saturated rings. The third-order valence-corrected chi connectivity index (χ3v) is 3.91. The van der Waals surface area contributed by atoms with Gasteiger partial charge < -0.3 is 5.73 Å². The molecule has 0 aliphatic heterocycles. The van der Waals surface area contributed by atoms with Crippen molar-refractivity contribution in [2.75, 3.05) is 6.54 Å². The fourth-order valence-corrected chi connectivity index (χ4v) is 2.73. The lowest BCUT2D eigenvalue weighted by Crippen LogP contribution is -2.16. The second-order valence-electron chi connectivity index (χ2n) is 5.27. The fourth-order valence-electron chi connectivity index (χ4n) is 2.73. The Morgan fingerprint density at radius 1 is 1.33 bits per heavy atom. The monoisotopic (exact) mass is 247 g/mol. The summed E-state index contributed by atoms with van der Waals surface area (Å²) in [6.07, 6.45) is 8.48. The summed E-state index contributed by atoms with van der Waals surface area (Å²) in [6, 6.07) is 5.40. The molecule has 1 aliphatic rings. The van der Waals surface area contributed by atoms with Gasteiger partial charge in [-0.15, -0.1) is 0 Å². The van der Waals surface area contributed by atoms with E-state index < -0.39 is 0 Å². The topological polar surface area (TPSA) is 26.0 Å². The van der Waals surface area contributed by atoms with Gasteiger partial charge in [0, 0.05) is 6.54 Å². The Morgan fingerprint density at radius 3 is 2.67 bits per heavy atom. The van der Waals surface area contributed by atoms with Gasteiger partial charge >= 0.3 is 0 Å². The first-order valence-corrected chi connectivity index (χ1v) is 6.87. The van der Waals surface area contributed by atoms with E-state index in [1.54, 1.807) is 13.0 Å². The highest BCUT2D eigenvalue weighted by Gasteiger charge is 2.16. The summed E-state index contributed by atoms with van der Waals surface area (Å²) in [5.41, 5.74) is 8.76. The Kier molecular flexibility index (Phi) is 4.54. The Hall–Kier alpha value is -1.15. The smallest absolute Gasteiger partial charge is 0.126 e. The number of aryl methyl sites for hydroxylation is 1. The molecule has 1 nitrogen and oxygen atoms in total. The molecule has 2 heteroatoms. The van der Waals surface area contributed by atoms with Crippen LogP contribution in [-0.4, -0.2) is 6.54 Å². The maximum atomic E-state index is 13.5. The van der Waals surface area contributed by atoms with Crippen molar-refractivity contribution in [2.24, 2.45) is 11.7 Å². The van der Waals surface area contributed by atoms with Crippen molar-refractivity contribution >= 4 is 6.08 Å². The average molecular weight is 247 g/mol. The van der Waals surface area contributed by atoms with Crippen molar-refractivity contribution in [1.29, 1.82) is 0 Å². The van der Waals surface area contributed by atoms with Gasteiger partial charge in [0.25, 0.3) is 0 Å². The van der Waals surface area contributed by atoms with Gasteiger partial charge in [0.1, 0.15) is 5.82 Å². The van der Waals surface area contributed by atoms with Crippen LogP contribution in [0.4, 0.5) is 4.39 Å². The highest BCUT2D eigenvalue weighted by atomic mass is 19.1. The van der Waals surface area contributed by atoms with Gasteiger partial charge in [-0.3, -0.25) is 0 Å². The molecule has 2 N–H and O–H groups in total. The van der Waals surface area contributed by atoms with Crippen LogP contribution in [0.5, 0.6) is 0 Å². The van der Waals surface area contributed by atoms with Crippen LogP contribution < -0.4 is 5.73 Å². The maximum Gasteiger partial charge on any atom is 0.126 e. The second kappa shape index (κ2) is 6.14. The number of benzene rings is 1. The Morgan fingerprint density at radius 2 is 2.06 bits per heavy atom. The van der Waals surface area contributed by atoms with E-state index >= 15 is 0 Å². The molecule has 1 saturated carbocycles. The van der Waals surface area contributed by atoms with Crippen LogP contribution in [0, 0.1) is 18.7 Å². The zero-order valence-electron chi connectivity index (χ0n) is 11.1. The molecule has 1 aromatic carbocycles. The lowest BCUT2D eigenvalue weighted by molar-refractivity contribution is 0.401. The predicted molar refractivity (Wildman–Crippen MR) is 74.7 cm³/mol. The quantitative estimate of drug-likeness (QED) is 0.856. The van der Waals surface area contributed by atoms with Crippen molar-refractivity contribution in [1.82, 2.24) is 0 Å². The zero-order chi connectivity index (χ0) is 13.0. The minimum atomic E-state index is -0.135. The summed E-state index contributed by atoms with van der Waals surface area (Å²) in [5, 5.41) is 0. The van der Waals surface area contributed by atoms with Crippen LogP contribution in [0.3, 0.4) is 0 Å². The van der Waals surface area contributed by atoms with Crippen LogP contribution in [0.2, 0.25) is 0 Å². The lowest BCUT2D eigenvalue weighted by Gasteiger charge is -2.24. The molecule has 0 saturated heterocycles. The summed E-state index contributed by atoms with van der Waals surface area (Å²) >= 11 is 0. The minimum absolute atomic E-state index is 0.135. The van der Waals surface area contributed by atoms with Crippen LogP contribution in [-0.2, 0) is 0 Å². The van der Waals surface area contributed by atoms with E-state index in [0.717, 1.165) is 5.56 Å². The van der Waals surface area contributed by atoms with Crippen LogP contribution in [0.1, 0.15) is 43.2 Å². The fraction of sp³-hybridized carbons (Fsp3) is 0.500. The van der Waals surface area contributed by atoms with E-state index in [2.05, 4.69) is 6.08 Å². The molecule has 2 rings (SSSR count). The Balaban J connectivity index is 2.19. The molecule has 1 aromatic rings. The minimum Gasteiger partial charge on any atom is -0.327 e. The predicted octanol–water partition coefficient (Wildman–Crippen LogP) is 4.06. The van der Waals surface area contributed by atoms with Crippen molar-refractivity contribution in [3.63, 3.8) is 0 Å². The molecule has 0 bridgehead atoms. The summed E-state index contributed by atoms with van der Waals surface area (Å²) in [5.74, 6) is 0.469. The molecule has 98 valence electrons. The molecule has 0 aromatic heterocycles. The maximum absolute atomic E-state index is 13.5. The van der Waals surface area contributed by atoms with Gasteiger partial charge in [0.2, 0.25) is 0 Å². The number of hydrogen-bond acceptors (Lipinski definition) is 1. The Labute approximate surface area is 109 Å². The summed E-state index contributed by atoms with van der Waals surface area (Å²) in [4.78, 5) is 0. The second-order valence-corrected chi connectivity index (χ2v) is 5.27. The van der Waals surface area contributed by atoms with E-state index in [1.165, 1.54) is 37.7 Å². The standard InChI is InChI=1S/C16H22FN/c1-12-7-8-13(10-16(12)17)9-15(11-18)14-5-3-2-4-6-14/h7-10,14H,2-6,11,18H2,1H3. The highest BCUT2D eigenvalue weighted by molar-refractivity contribution is 5.54. The van der Waals surface area contributed by atoms with Crippen molar-refractivity contribution in [3.05, 3.63) is 40.7 Å². The molecule has 1 aliphatic carbocycles. The summed E-state index contributed by atoms with van der Waals surface area (Å²) in [6.45, 7) is 2.37. The average Bonchev–Trinajstić information content (AvgIpc) is 2.41. The van der Waals surface area contributed by atoms with E-state index in [9.17, 15) is 4.39 Å². The van der Waals surface area contributed by atoms with Crippen molar-refractivity contribution in [2.45, 2.75) is 39.0 Å². The van der Waals surface area contributed by atoms with Gasteiger partial charge in [0.05, 0.1) is 0 Å².